The topological polar surface area (TPSA) is 0 Å². The first kappa shape index (κ1) is 9.05. The van der Waals surface area contributed by atoms with Crippen LogP contribution in [0.15, 0.2) is 0 Å². The second-order valence-electron chi connectivity index (χ2n) is 3.39. The molecule has 0 N–H and O–H groups in total. The van der Waals surface area contributed by atoms with E-state index in [1.54, 1.807) is 0 Å². The van der Waals surface area contributed by atoms with Crippen LogP contribution in [0.3, 0.4) is 0 Å². The molecule has 0 saturated carbocycles. The maximum atomic E-state index is 3.81. The van der Waals surface area contributed by atoms with Gasteiger partial charge in [-0.05, 0) is 0 Å². The molecule has 2 saturated heterocycles. The van der Waals surface area contributed by atoms with Crippen LogP contribution in [0.1, 0.15) is 25.7 Å². The quantitative estimate of drug-likeness (QED) is 0.466. The molecule has 3 heteroatoms. The molecule has 4 unspecified atom stereocenters. The number of hydrogen-bond donors (Lipinski definition) is 0. The third kappa shape index (κ3) is 1.72. The number of hydrogen-bond acceptors (Lipinski definition) is 0. The molecule has 0 aliphatic carbocycles. The van der Waals surface area contributed by atoms with E-state index >= 15 is 0 Å². The maximum absolute atomic E-state index is 3.81. The van der Waals surface area contributed by atoms with Gasteiger partial charge in [0.15, 0.2) is 0 Å². The van der Waals surface area contributed by atoms with Crippen molar-refractivity contribution in [3.63, 3.8) is 0 Å². The first-order valence-electron chi connectivity index (χ1n) is 4.22. The van der Waals surface area contributed by atoms with Crippen LogP contribution in [-0.2, 0) is 0 Å². The van der Waals surface area contributed by atoms with Crippen molar-refractivity contribution >= 4 is 46.8 Å². The number of rotatable bonds is 0. The molecule has 2 aliphatic heterocycles. The third-order valence-corrected chi connectivity index (χ3v) is 11.0. The van der Waals surface area contributed by atoms with Gasteiger partial charge in [-0.3, -0.25) is 0 Å². The standard InChI is InChI=1S/C8H12Br2Se/c9-7-5-3-1-2-4-6(11-5)8(7)10/h5-8H,1-4H2. The van der Waals surface area contributed by atoms with Gasteiger partial charge in [0.2, 0.25) is 0 Å². The zero-order chi connectivity index (χ0) is 7.84. The minimum atomic E-state index is 0.785. The molecule has 0 spiro atoms. The normalized spacial score (nSPS) is 50.7. The summed E-state index contributed by atoms with van der Waals surface area (Å²) in [7, 11) is 0. The average molecular weight is 347 g/mol. The average Bonchev–Trinajstić information content (AvgIpc) is 2.31. The molecule has 0 aromatic carbocycles. The number of fused-ring (bicyclic) bond motifs is 2. The summed E-state index contributed by atoms with van der Waals surface area (Å²) < 4.78 is 0. The number of halogens is 2. The minimum absolute atomic E-state index is 0.785. The van der Waals surface area contributed by atoms with Crippen LogP contribution in [-0.4, -0.2) is 24.6 Å². The second kappa shape index (κ2) is 3.69. The van der Waals surface area contributed by atoms with E-state index in [0.717, 1.165) is 34.2 Å². The van der Waals surface area contributed by atoms with Gasteiger partial charge < -0.3 is 0 Å². The molecule has 64 valence electrons. The molecule has 11 heavy (non-hydrogen) atoms. The molecule has 0 aromatic heterocycles. The van der Waals surface area contributed by atoms with Gasteiger partial charge >= 0.3 is 91.8 Å². The molecule has 2 rings (SSSR count). The van der Waals surface area contributed by atoms with Crippen molar-refractivity contribution in [1.82, 2.24) is 0 Å². The Balaban J connectivity index is 2.10. The summed E-state index contributed by atoms with van der Waals surface area (Å²) in [6.07, 6.45) is 5.92. The van der Waals surface area contributed by atoms with Gasteiger partial charge in [0.25, 0.3) is 0 Å². The van der Waals surface area contributed by atoms with Gasteiger partial charge in [-0.1, -0.05) is 0 Å². The van der Waals surface area contributed by atoms with Gasteiger partial charge in [-0.2, -0.15) is 0 Å². The summed E-state index contributed by atoms with van der Waals surface area (Å²) in [6, 6.07) is 0. The molecular weight excluding hydrogens is 335 g/mol. The molecule has 4 atom stereocenters. The molecule has 2 fully saturated rings. The zero-order valence-electron chi connectivity index (χ0n) is 6.30. The van der Waals surface area contributed by atoms with E-state index < -0.39 is 0 Å². The van der Waals surface area contributed by atoms with E-state index in [-0.39, 0.29) is 0 Å². The van der Waals surface area contributed by atoms with Crippen molar-refractivity contribution in [2.45, 2.75) is 45.0 Å². The molecule has 2 aliphatic rings. The van der Waals surface area contributed by atoms with Crippen molar-refractivity contribution < 1.29 is 0 Å². The summed E-state index contributed by atoms with van der Waals surface area (Å²) in [5, 5.41) is 0. The van der Waals surface area contributed by atoms with E-state index in [1.807, 2.05) is 0 Å². The second-order valence-corrected chi connectivity index (χ2v) is 8.61. The Bertz CT molecular complexity index is 135. The fraction of sp³-hybridized carbons (Fsp3) is 1.00. The molecular formula is C8H12Br2Se. The van der Waals surface area contributed by atoms with E-state index in [4.69, 9.17) is 0 Å². The Morgan fingerprint density at radius 1 is 0.909 bits per heavy atom. The van der Waals surface area contributed by atoms with Crippen LogP contribution in [0.25, 0.3) is 0 Å². The van der Waals surface area contributed by atoms with Crippen LogP contribution in [0.5, 0.6) is 0 Å². The summed E-state index contributed by atoms with van der Waals surface area (Å²) in [5.41, 5.74) is 0. The number of alkyl halides is 2. The van der Waals surface area contributed by atoms with Crippen LogP contribution < -0.4 is 0 Å². The van der Waals surface area contributed by atoms with Crippen LogP contribution in [0.4, 0.5) is 0 Å². The molecule has 0 nitrogen and oxygen atoms in total. The SMILES string of the molecule is BrC1C2CCCCC([Se]2)C1Br. The van der Waals surface area contributed by atoms with E-state index in [9.17, 15) is 0 Å². The molecule has 2 heterocycles. The van der Waals surface area contributed by atoms with Gasteiger partial charge in [-0.15, -0.1) is 0 Å². The van der Waals surface area contributed by atoms with Gasteiger partial charge in [-0.25, -0.2) is 0 Å². The van der Waals surface area contributed by atoms with E-state index in [1.165, 1.54) is 25.7 Å². The Labute approximate surface area is 91.3 Å². The zero-order valence-corrected chi connectivity index (χ0v) is 11.2. The summed E-state index contributed by atoms with van der Waals surface area (Å²) in [5.74, 6) is 0. The fourth-order valence-corrected chi connectivity index (χ4v) is 8.95. The van der Waals surface area contributed by atoms with Crippen molar-refractivity contribution in [3.8, 4) is 0 Å². The third-order valence-electron chi connectivity index (χ3n) is 2.59. The Morgan fingerprint density at radius 3 is 1.82 bits per heavy atom. The monoisotopic (exact) mass is 346 g/mol. The molecule has 0 aromatic rings. The van der Waals surface area contributed by atoms with E-state index in [0.29, 0.717) is 0 Å². The van der Waals surface area contributed by atoms with Crippen molar-refractivity contribution in [2.24, 2.45) is 0 Å². The first-order chi connectivity index (χ1) is 5.29. The summed E-state index contributed by atoms with van der Waals surface area (Å²) in [6.45, 7) is 0. The predicted molar refractivity (Wildman–Crippen MR) is 57.2 cm³/mol. The van der Waals surface area contributed by atoms with Crippen molar-refractivity contribution in [1.29, 1.82) is 0 Å². The molecule has 2 bridgehead atoms. The fourth-order valence-electron chi connectivity index (χ4n) is 1.93. The van der Waals surface area contributed by atoms with Crippen molar-refractivity contribution in [2.75, 3.05) is 0 Å². The van der Waals surface area contributed by atoms with Gasteiger partial charge in [0.1, 0.15) is 0 Å². The predicted octanol–water partition coefficient (Wildman–Crippen LogP) is 3.38. The summed E-state index contributed by atoms with van der Waals surface area (Å²) in [4.78, 5) is 3.62. The van der Waals surface area contributed by atoms with Crippen LogP contribution >= 0.6 is 31.9 Å². The van der Waals surface area contributed by atoms with Gasteiger partial charge in [0, 0.05) is 0 Å². The Kier molecular flexibility index (Phi) is 3.04. The first-order valence-corrected chi connectivity index (χ1v) is 8.03. The summed E-state index contributed by atoms with van der Waals surface area (Å²) >= 11 is 8.54. The molecule has 0 radical (unpaired) electrons. The Hall–Kier alpha value is 1.48. The molecule has 0 amide bonds. The van der Waals surface area contributed by atoms with E-state index in [2.05, 4.69) is 31.9 Å². The van der Waals surface area contributed by atoms with Crippen molar-refractivity contribution in [3.05, 3.63) is 0 Å². The Morgan fingerprint density at radius 2 is 1.36 bits per heavy atom. The van der Waals surface area contributed by atoms with Crippen LogP contribution in [0, 0.1) is 0 Å². The van der Waals surface area contributed by atoms with Crippen LogP contribution in [0.2, 0.25) is 9.63 Å². The van der Waals surface area contributed by atoms with Gasteiger partial charge in [0.05, 0.1) is 0 Å².